The van der Waals surface area contributed by atoms with Gasteiger partial charge in [-0.1, -0.05) is 66.1 Å². The summed E-state index contributed by atoms with van der Waals surface area (Å²) in [5, 5.41) is 1.05. The van der Waals surface area contributed by atoms with E-state index in [0.29, 0.717) is 0 Å². The molecule has 0 nitrogen and oxygen atoms in total. The minimum absolute atomic E-state index is 0.918. The van der Waals surface area contributed by atoms with E-state index in [9.17, 15) is 0 Å². The first-order valence-corrected chi connectivity index (χ1v) is 7.93. The predicted molar refractivity (Wildman–Crippen MR) is 76.9 cm³/mol. The van der Waals surface area contributed by atoms with Crippen molar-refractivity contribution in [3.05, 3.63) is 9.56 Å². The fourth-order valence-corrected chi connectivity index (χ4v) is 3.86. The molecule has 0 aromatic heterocycles. The van der Waals surface area contributed by atoms with Crippen molar-refractivity contribution in [2.45, 2.75) is 50.2 Å². The lowest BCUT2D eigenvalue weighted by molar-refractivity contribution is 0.447. The molecular weight excluding hydrogens is 350 g/mol. The molecule has 0 aromatic rings. The molecule has 0 aromatic carbocycles. The molecule has 0 amide bonds. The molecule has 0 atom stereocenters. The van der Waals surface area contributed by atoms with Crippen LogP contribution in [0.1, 0.15) is 38.5 Å². The van der Waals surface area contributed by atoms with E-state index in [1.165, 1.54) is 42.1 Å². The van der Waals surface area contributed by atoms with Crippen molar-refractivity contribution in [3.8, 4) is 0 Å². The van der Waals surface area contributed by atoms with Crippen LogP contribution >= 0.6 is 38.5 Å². The molecule has 2 fully saturated rings. The van der Waals surface area contributed by atoms with Crippen molar-refractivity contribution < 1.29 is 0 Å². The van der Waals surface area contributed by atoms with Crippen molar-refractivity contribution in [2.24, 2.45) is 0 Å². The zero-order chi connectivity index (χ0) is 9.97. The van der Waals surface area contributed by atoms with E-state index in [4.69, 9.17) is 0 Å². The molecule has 0 unspecified atom stereocenters. The summed E-state index contributed by atoms with van der Waals surface area (Å²) in [4.78, 5) is 0. The summed E-state index contributed by atoms with van der Waals surface area (Å²) in [6.07, 6.45) is 8.94. The molecule has 2 aliphatic heterocycles. The fourth-order valence-electron chi connectivity index (χ4n) is 3.25. The standard InChI is InChI=1S/C11H17BBrI/c13-8-11(14)7-12-9-3-1-4-10(12)6-2-5-9/h7,9-10H,1-6,8H2/b11-7-. The van der Waals surface area contributed by atoms with Gasteiger partial charge in [-0.15, -0.1) is 5.98 Å². The summed E-state index contributed by atoms with van der Waals surface area (Å²) < 4.78 is 1.51. The highest BCUT2D eigenvalue weighted by molar-refractivity contribution is 14.1. The van der Waals surface area contributed by atoms with Gasteiger partial charge in [0.2, 0.25) is 0 Å². The largest absolute Gasteiger partial charge is 0.173 e. The Kier molecular flexibility index (Phi) is 4.42. The van der Waals surface area contributed by atoms with Crippen LogP contribution in [-0.2, 0) is 0 Å². The van der Waals surface area contributed by atoms with Crippen LogP contribution in [0, 0.1) is 0 Å². The molecule has 2 bridgehead atoms. The van der Waals surface area contributed by atoms with Crippen molar-refractivity contribution >= 4 is 45.2 Å². The van der Waals surface area contributed by atoms with Crippen LogP contribution < -0.4 is 0 Å². The maximum atomic E-state index is 3.55. The molecule has 2 heterocycles. The molecule has 0 aliphatic carbocycles. The van der Waals surface area contributed by atoms with Gasteiger partial charge >= 0.3 is 0 Å². The van der Waals surface area contributed by atoms with E-state index in [1.54, 1.807) is 0 Å². The minimum atomic E-state index is 0.918. The van der Waals surface area contributed by atoms with E-state index in [-0.39, 0.29) is 0 Å². The number of alkyl halides is 1. The number of hydrogen-bond acceptors (Lipinski definition) is 0. The molecule has 2 aliphatic rings. The van der Waals surface area contributed by atoms with Gasteiger partial charge in [0.25, 0.3) is 0 Å². The number of halogens is 2. The van der Waals surface area contributed by atoms with E-state index >= 15 is 0 Å². The third-order valence-electron chi connectivity index (χ3n) is 3.89. The lowest BCUT2D eigenvalue weighted by atomic mass is 9.27. The van der Waals surface area contributed by atoms with Gasteiger partial charge in [0.15, 0.2) is 6.71 Å². The molecule has 3 heteroatoms. The first kappa shape index (κ1) is 11.5. The normalized spacial score (nSPS) is 33.3. The topological polar surface area (TPSA) is 0 Å². The number of allylic oxidation sites excluding steroid dienone is 1. The first-order chi connectivity index (χ1) is 6.81. The highest BCUT2D eigenvalue weighted by Crippen LogP contribution is 2.47. The molecular formula is C11H17BBrI. The Morgan fingerprint density at radius 2 is 1.71 bits per heavy atom. The highest BCUT2D eigenvalue weighted by atomic mass is 127. The summed E-state index contributed by atoms with van der Waals surface area (Å²) in [5.74, 6) is 4.60. The van der Waals surface area contributed by atoms with E-state index in [2.05, 4.69) is 44.5 Å². The summed E-state index contributed by atoms with van der Waals surface area (Å²) >= 11 is 6.03. The van der Waals surface area contributed by atoms with E-state index in [0.717, 1.165) is 23.7 Å². The van der Waals surface area contributed by atoms with Crippen LogP contribution in [0.4, 0.5) is 0 Å². The lowest BCUT2D eigenvalue weighted by Crippen LogP contribution is -2.33. The SMILES string of the molecule is BrC/C(I)=C/B1C2CCCC1CCC2. The summed E-state index contributed by atoms with van der Waals surface area (Å²) in [7, 11) is 0. The molecule has 2 saturated heterocycles. The second kappa shape index (κ2) is 5.38. The van der Waals surface area contributed by atoms with Crippen molar-refractivity contribution in [2.75, 3.05) is 5.33 Å². The van der Waals surface area contributed by atoms with Crippen LogP contribution in [0.3, 0.4) is 0 Å². The zero-order valence-electron chi connectivity index (χ0n) is 8.52. The average molecular weight is 367 g/mol. The van der Waals surface area contributed by atoms with Gasteiger partial charge in [0.05, 0.1) is 0 Å². The molecule has 78 valence electrons. The second-order valence-electron chi connectivity index (χ2n) is 4.71. The molecule has 0 saturated carbocycles. The van der Waals surface area contributed by atoms with Crippen LogP contribution in [-0.4, -0.2) is 12.0 Å². The summed E-state index contributed by atoms with van der Waals surface area (Å²) in [6.45, 7) is 0.918. The van der Waals surface area contributed by atoms with Crippen LogP contribution in [0.15, 0.2) is 9.56 Å². The second-order valence-corrected chi connectivity index (χ2v) is 6.65. The molecule has 0 spiro atoms. The van der Waals surface area contributed by atoms with Crippen molar-refractivity contribution in [1.29, 1.82) is 0 Å². The zero-order valence-corrected chi connectivity index (χ0v) is 12.3. The third-order valence-corrected chi connectivity index (χ3v) is 6.28. The Balaban J connectivity index is 2.08. The average Bonchev–Trinajstić information content (AvgIpc) is 2.17. The first-order valence-electron chi connectivity index (χ1n) is 5.73. The Labute approximate surface area is 110 Å². The minimum Gasteiger partial charge on any atom is -0.105 e. The maximum absolute atomic E-state index is 3.55. The number of fused-ring (bicyclic) bond motifs is 2. The van der Waals surface area contributed by atoms with Crippen molar-refractivity contribution in [1.82, 2.24) is 0 Å². The van der Waals surface area contributed by atoms with Gasteiger partial charge in [-0.3, -0.25) is 0 Å². The van der Waals surface area contributed by atoms with Crippen LogP contribution in [0.2, 0.25) is 11.6 Å². The van der Waals surface area contributed by atoms with Crippen molar-refractivity contribution in [3.63, 3.8) is 0 Å². The smallest absolute Gasteiger partial charge is 0.105 e. The predicted octanol–water partition coefficient (Wildman–Crippen LogP) is 4.84. The third kappa shape index (κ3) is 2.57. The van der Waals surface area contributed by atoms with Gasteiger partial charge in [0.1, 0.15) is 0 Å². The maximum Gasteiger partial charge on any atom is 0.173 e. The molecule has 0 N–H and O–H groups in total. The van der Waals surface area contributed by atoms with Crippen LogP contribution in [0.25, 0.3) is 0 Å². The van der Waals surface area contributed by atoms with Gasteiger partial charge in [0, 0.05) is 5.33 Å². The Morgan fingerprint density at radius 3 is 2.14 bits per heavy atom. The number of rotatable bonds is 2. The monoisotopic (exact) mass is 366 g/mol. The molecule has 14 heavy (non-hydrogen) atoms. The Bertz CT molecular complexity index is 207. The Morgan fingerprint density at radius 1 is 1.21 bits per heavy atom. The summed E-state index contributed by atoms with van der Waals surface area (Å²) in [5.41, 5.74) is 0. The quantitative estimate of drug-likeness (QED) is 0.372. The highest BCUT2D eigenvalue weighted by Gasteiger charge is 2.37. The van der Waals surface area contributed by atoms with E-state index in [1.807, 2.05) is 0 Å². The van der Waals surface area contributed by atoms with Gasteiger partial charge in [-0.2, -0.15) is 0 Å². The van der Waals surface area contributed by atoms with Gasteiger partial charge < -0.3 is 0 Å². The van der Waals surface area contributed by atoms with Gasteiger partial charge in [-0.05, 0) is 26.2 Å². The molecule has 2 rings (SSSR count). The molecule has 0 radical (unpaired) electrons. The lowest BCUT2D eigenvalue weighted by Gasteiger charge is -2.39. The number of hydrogen-bond donors (Lipinski definition) is 0. The summed E-state index contributed by atoms with van der Waals surface area (Å²) in [6, 6.07) is 0. The van der Waals surface area contributed by atoms with Crippen LogP contribution in [0.5, 0.6) is 0 Å². The fraction of sp³-hybridized carbons (Fsp3) is 0.818. The van der Waals surface area contributed by atoms with E-state index < -0.39 is 0 Å². The Hall–Kier alpha value is 1.01. The van der Waals surface area contributed by atoms with Gasteiger partial charge in [-0.25, -0.2) is 0 Å².